The van der Waals surface area contributed by atoms with Gasteiger partial charge in [-0.05, 0) is 37.8 Å². The second-order valence-electron chi connectivity index (χ2n) is 12.9. The maximum Gasteiger partial charge on any atom is 0.264 e. The zero-order valence-corrected chi connectivity index (χ0v) is 32.9. The lowest BCUT2D eigenvalue weighted by atomic mass is 10.0. The summed E-state index contributed by atoms with van der Waals surface area (Å²) in [7, 11) is 0. The number of unbranched alkanes of at least 4 members (excludes halogenated alkanes) is 3. The van der Waals surface area contributed by atoms with Crippen LogP contribution in [0.4, 0.5) is 5.69 Å². The Kier molecular flexibility index (Phi) is 25.0. The average Bonchev–Trinajstić information content (AvgIpc) is 3.44. The van der Waals surface area contributed by atoms with E-state index in [2.05, 4.69) is 17.6 Å². The van der Waals surface area contributed by atoms with Gasteiger partial charge < -0.3 is 47.9 Å². The Balaban J connectivity index is 1.03. The van der Waals surface area contributed by atoms with Crippen LogP contribution < -0.4 is 10.6 Å². The van der Waals surface area contributed by atoms with Crippen molar-refractivity contribution in [3.63, 3.8) is 0 Å². The van der Waals surface area contributed by atoms with Gasteiger partial charge in [0.15, 0.2) is 0 Å². The number of amides is 5. The van der Waals surface area contributed by atoms with Gasteiger partial charge in [0, 0.05) is 26.1 Å². The third-order valence-corrected chi connectivity index (χ3v) is 8.55. The summed E-state index contributed by atoms with van der Waals surface area (Å²) in [5.41, 5.74) is 0.388. The minimum atomic E-state index is -1.07. The zero-order valence-electron chi connectivity index (χ0n) is 32.9. The molecule has 316 valence electrons. The third-order valence-electron chi connectivity index (χ3n) is 8.55. The average molecular weight is 796 g/mol. The molecule has 1 unspecified atom stereocenters. The first-order valence-corrected chi connectivity index (χ1v) is 19.8. The van der Waals surface area contributed by atoms with Gasteiger partial charge in [0.05, 0.1) is 123 Å². The molecule has 0 aromatic heterocycles. The highest BCUT2D eigenvalue weighted by Gasteiger charge is 2.45. The van der Waals surface area contributed by atoms with Crippen molar-refractivity contribution in [3.05, 3.63) is 29.3 Å². The van der Waals surface area contributed by atoms with Crippen LogP contribution in [0.15, 0.2) is 18.2 Å². The summed E-state index contributed by atoms with van der Waals surface area (Å²) >= 11 is 0. The van der Waals surface area contributed by atoms with Crippen LogP contribution in [0.25, 0.3) is 0 Å². The van der Waals surface area contributed by atoms with Gasteiger partial charge in [-0.3, -0.25) is 34.2 Å². The number of ether oxygens (including phenoxy) is 9. The maximum atomic E-state index is 13.2. The number of hydrogen-bond acceptors (Lipinski definition) is 14. The Morgan fingerprint density at radius 2 is 1.09 bits per heavy atom. The summed E-state index contributed by atoms with van der Waals surface area (Å²) in [6.45, 7) is 11.5. The summed E-state index contributed by atoms with van der Waals surface area (Å²) in [5, 5.41) is 4.91. The number of carbonyl (C=O) groups is 5. The van der Waals surface area contributed by atoms with E-state index in [9.17, 15) is 24.0 Å². The fourth-order valence-corrected chi connectivity index (χ4v) is 5.61. The lowest BCUT2D eigenvalue weighted by molar-refractivity contribution is -0.136. The number of benzene rings is 1. The second kappa shape index (κ2) is 29.8. The van der Waals surface area contributed by atoms with E-state index in [0.29, 0.717) is 119 Å². The minimum Gasteiger partial charge on any atom is -0.379 e. The molecule has 0 bridgehead atoms. The van der Waals surface area contributed by atoms with E-state index >= 15 is 0 Å². The molecule has 2 N–H and O–H groups in total. The Hall–Kier alpha value is -3.39. The van der Waals surface area contributed by atoms with Crippen LogP contribution in [-0.2, 0) is 57.0 Å². The molecule has 2 heterocycles. The molecule has 56 heavy (non-hydrogen) atoms. The van der Waals surface area contributed by atoms with Gasteiger partial charge in [0.2, 0.25) is 17.7 Å². The molecule has 1 saturated heterocycles. The molecule has 0 aliphatic carbocycles. The van der Waals surface area contributed by atoms with E-state index < -0.39 is 29.7 Å². The number of hydrogen-bond donors (Lipinski definition) is 2. The molecule has 3 rings (SSSR count). The van der Waals surface area contributed by atoms with E-state index in [1.54, 1.807) is 12.1 Å². The summed E-state index contributed by atoms with van der Waals surface area (Å²) < 4.78 is 49.4. The number of fused-ring (bicyclic) bond motifs is 1. The molecular formula is C39H61N3O14. The molecule has 2 aliphatic rings. The van der Waals surface area contributed by atoms with Crippen molar-refractivity contribution in [2.24, 2.45) is 0 Å². The summed E-state index contributed by atoms with van der Waals surface area (Å²) in [6.07, 6.45) is 4.68. The number of imide groups is 2. The Bertz CT molecular complexity index is 1320. The van der Waals surface area contributed by atoms with Crippen molar-refractivity contribution in [1.82, 2.24) is 10.2 Å². The fourth-order valence-electron chi connectivity index (χ4n) is 5.61. The molecule has 0 saturated carbocycles. The van der Waals surface area contributed by atoms with Crippen LogP contribution in [0.2, 0.25) is 0 Å². The Labute approximate surface area is 329 Å². The number of piperidine rings is 1. The van der Waals surface area contributed by atoms with Crippen LogP contribution in [-0.4, -0.2) is 159 Å². The molecule has 5 amide bonds. The number of nitrogens with one attached hydrogen (secondary N) is 2. The van der Waals surface area contributed by atoms with Gasteiger partial charge in [-0.1, -0.05) is 25.8 Å². The van der Waals surface area contributed by atoms with E-state index in [4.69, 9.17) is 42.6 Å². The molecule has 17 nitrogen and oxygen atoms in total. The van der Waals surface area contributed by atoms with Crippen molar-refractivity contribution >= 4 is 35.2 Å². The number of rotatable bonds is 35. The second-order valence-corrected chi connectivity index (χ2v) is 12.9. The van der Waals surface area contributed by atoms with Gasteiger partial charge in [0.1, 0.15) is 6.04 Å². The molecule has 0 spiro atoms. The predicted molar refractivity (Wildman–Crippen MR) is 202 cm³/mol. The van der Waals surface area contributed by atoms with Crippen molar-refractivity contribution in [2.45, 2.75) is 64.3 Å². The minimum absolute atomic E-state index is 0.0299. The van der Waals surface area contributed by atoms with Crippen molar-refractivity contribution in [1.29, 1.82) is 0 Å². The van der Waals surface area contributed by atoms with Crippen LogP contribution in [0.5, 0.6) is 0 Å². The molecule has 1 aromatic carbocycles. The Morgan fingerprint density at radius 3 is 1.55 bits per heavy atom. The van der Waals surface area contributed by atoms with Gasteiger partial charge in [0.25, 0.3) is 11.8 Å². The molecule has 0 radical (unpaired) electrons. The fraction of sp³-hybridized carbons (Fsp3) is 0.718. The smallest absolute Gasteiger partial charge is 0.264 e. The number of nitrogens with zero attached hydrogens (tertiary/aromatic N) is 1. The van der Waals surface area contributed by atoms with Crippen LogP contribution in [0.3, 0.4) is 0 Å². The maximum absolute atomic E-state index is 13.2. The first kappa shape index (κ1) is 47.0. The highest BCUT2D eigenvalue weighted by Crippen LogP contribution is 2.32. The van der Waals surface area contributed by atoms with E-state index in [1.807, 2.05) is 0 Å². The highest BCUT2D eigenvalue weighted by molar-refractivity contribution is 6.26. The lowest BCUT2D eigenvalue weighted by Gasteiger charge is -2.27. The van der Waals surface area contributed by atoms with Gasteiger partial charge in [-0.2, -0.15) is 0 Å². The normalized spacial score (nSPS) is 15.4. The van der Waals surface area contributed by atoms with Crippen molar-refractivity contribution in [3.8, 4) is 0 Å². The molecule has 1 aromatic rings. The number of carbonyl (C=O) groups excluding carboxylic acids is 5. The van der Waals surface area contributed by atoms with Gasteiger partial charge >= 0.3 is 0 Å². The van der Waals surface area contributed by atoms with Crippen molar-refractivity contribution in [2.75, 3.05) is 124 Å². The summed E-state index contributed by atoms with van der Waals surface area (Å²) in [6, 6.07) is 3.54. The van der Waals surface area contributed by atoms with Crippen LogP contribution >= 0.6 is 0 Å². The molecule has 1 atom stereocenters. The SMILES string of the molecule is CCCCOCCOCCOCCOCCOCCOCCOCCOCCOCCCCCC(=O)Nc1cccc2c1C(=O)N(C1CCC(=O)NC1=O)C2=O. The first-order valence-electron chi connectivity index (χ1n) is 19.8. The van der Waals surface area contributed by atoms with E-state index in [-0.39, 0.29) is 42.0 Å². The monoisotopic (exact) mass is 795 g/mol. The largest absolute Gasteiger partial charge is 0.379 e. The van der Waals surface area contributed by atoms with Crippen molar-refractivity contribution < 1.29 is 66.6 Å². The van der Waals surface area contributed by atoms with E-state index in [0.717, 1.165) is 37.2 Å². The zero-order chi connectivity index (χ0) is 40.1. The van der Waals surface area contributed by atoms with Crippen LogP contribution in [0.1, 0.15) is 79.0 Å². The summed E-state index contributed by atoms with van der Waals surface area (Å²) in [5.74, 6) is -2.71. The van der Waals surface area contributed by atoms with E-state index in [1.165, 1.54) is 6.07 Å². The quantitative estimate of drug-likeness (QED) is 0.0752. The third kappa shape index (κ3) is 18.7. The summed E-state index contributed by atoms with van der Waals surface area (Å²) in [4.78, 5) is 63.5. The molecule has 1 fully saturated rings. The first-order chi connectivity index (χ1) is 27.4. The van der Waals surface area contributed by atoms with Gasteiger partial charge in [-0.25, -0.2) is 0 Å². The molecule has 2 aliphatic heterocycles. The molecular weight excluding hydrogens is 734 g/mol. The van der Waals surface area contributed by atoms with Gasteiger partial charge in [-0.15, -0.1) is 0 Å². The molecule has 17 heteroatoms. The topological polar surface area (TPSA) is 196 Å². The highest BCUT2D eigenvalue weighted by atomic mass is 16.6. The predicted octanol–water partition coefficient (Wildman–Crippen LogP) is 2.54. The lowest BCUT2D eigenvalue weighted by Crippen LogP contribution is -2.54. The standard InChI is InChI=1S/C39H61N3O14/c1-2-3-13-48-15-17-50-19-21-52-23-25-54-27-29-56-30-28-55-26-24-53-22-20-51-18-16-49-14-6-4-5-10-34(43)40-32-9-7-8-31-36(32)39(47)42(38(31)46)33-11-12-35(44)41-37(33)45/h7-9,33H,2-6,10-30H2,1H3,(H,40,43)(H,41,44,45). The van der Waals surface area contributed by atoms with Crippen LogP contribution in [0, 0.1) is 0 Å². The number of anilines is 1. The Morgan fingerprint density at radius 1 is 0.625 bits per heavy atom.